The van der Waals surface area contributed by atoms with Gasteiger partial charge in [-0.2, -0.15) is 9.47 Å². The Labute approximate surface area is 149 Å². The Morgan fingerprint density at radius 3 is 2.76 bits per heavy atom. The van der Waals surface area contributed by atoms with Crippen molar-refractivity contribution in [3.8, 4) is 0 Å². The van der Waals surface area contributed by atoms with E-state index in [9.17, 15) is 4.79 Å². The molecular weight excluding hydrogens is 338 g/mol. The number of hydrogen-bond donors (Lipinski definition) is 2. The summed E-state index contributed by atoms with van der Waals surface area (Å²) in [5.41, 5.74) is -0.146. The largest absolute Gasteiger partial charge is 0.332 e. The second-order valence-electron chi connectivity index (χ2n) is 8.03. The Hall–Kier alpha value is -2.03. The number of nitrogens with zero attached hydrogens (tertiary/aromatic N) is 5. The van der Waals surface area contributed by atoms with Crippen LogP contribution in [0.25, 0.3) is 0 Å². The Morgan fingerprint density at radius 2 is 2.12 bits per heavy atom. The standard InChI is InChI=1S/C16H21N7OS/c1-10-19-14(25-22-10)20-13(24)21-15-3-11-2-12(4-15)6-16(5-11,7-15)23-9-17-8-18-23/h8-9,11-12H,2-7H2,1H3,(H2,19,20,21,22,24)/t11-,12-,15?,16?/m1/s1. The second-order valence-corrected chi connectivity index (χ2v) is 8.78. The van der Waals surface area contributed by atoms with Gasteiger partial charge in [-0.1, -0.05) is 0 Å². The number of nitrogens with one attached hydrogen (secondary N) is 2. The summed E-state index contributed by atoms with van der Waals surface area (Å²) in [6.07, 6.45) is 10.1. The van der Waals surface area contributed by atoms with Crippen molar-refractivity contribution >= 4 is 22.7 Å². The van der Waals surface area contributed by atoms with Gasteiger partial charge in [0.1, 0.15) is 18.5 Å². The van der Waals surface area contributed by atoms with Crippen molar-refractivity contribution in [1.29, 1.82) is 0 Å². The van der Waals surface area contributed by atoms with Gasteiger partial charge in [0.05, 0.1) is 5.54 Å². The van der Waals surface area contributed by atoms with Crippen molar-refractivity contribution in [2.45, 2.75) is 56.5 Å². The average molecular weight is 359 g/mol. The van der Waals surface area contributed by atoms with E-state index in [2.05, 4.69) is 30.1 Å². The van der Waals surface area contributed by atoms with Crippen LogP contribution in [0.1, 0.15) is 44.3 Å². The molecule has 4 bridgehead atoms. The van der Waals surface area contributed by atoms with E-state index in [-0.39, 0.29) is 17.1 Å². The SMILES string of the molecule is Cc1nsc(NC(=O)NC23C[C@H]4C[C@H](C2)CC(n2cncn2)(C4)C3)n1. The number of urea groups is 1. The van der Waals surface area contributed by atoms with Crippen molar-refractivity contribution in [1.82, 2.24) is 29.4 Å². The van der Waals surface area contributed by atoms with Crippen LogP contribution in [0.4, 0.5) is 9.93 Å². The number of anilines is 1. The van der Waals surface area contributed by atoms with Crippen LogP contribution in [-0.2, 0) is 5.54 Å². The number of rotatable bonds is 3. The van der Waals surface area contributed by atoms with E-state index in [1.54, 1.807) is 6.33 Å². The van der Waals surface area contributed by atoms with Gasteiger partial charge >= 0.3 is 6.03 Å². The van der Waals surface area contributed by atoms with Crippen molar-refractivity contribution < 1.29 is 4.79 Å². The van der Waals surface area contributed by atoms with Gasteiger partial charge in [-0.15, -0.1) is 0 Å². The summed E-state index contributed by atoms with van der Waals surface area (Å²) in [6.45, 7) is 1.82. The highest BCUT2D eigenvalue weighted by atomic mass is 32.1. The van der Waals surface area contributed by atoms with E-state index in [0.717, 1.165) is 32.1 Å². The van der Waals surface area contributed by atoms with Crippen molar-refractivity contribution in [2.75, 3.05) is 5.32 Å². The maximum Gasteiger partial charge on any atom is 0.321 e. The fraction of sp³-hybridized carbons (Fsp3) is 0.688. The predicted molar refractivity (Wildman–Crippen MR) is 92.2 cm³/mol. The third kappa shape index (κ3) is 2.52. The first-order valence-electron chi connectivity index (χ1n) is 8.79. The maximum absolute atomic E-state index is 12.6. The Morgan fingerprint density at radius 1 is 1.32 bits per heavy atom. The van der Waals surface area contributed by atoms with Gasteiger partial charge in [0.25, 0.3) is 0 Å². The first-order chi connectivity index (χ1) is 12.0. The number of hydrogen-bond acceptors (Lipinski definition) is 6. The highest BCUT2D eigenvalue weighted by Gasteiger charge is 2.59. The number of amides is 2. The zero-order valence-corrected chi connectivity index (χ0v) is 14.9. The lowest BCUT2D eigenvalue weighted by atomic mass is 9.50. The molecule has 0 radical (unpaired) electrons. The van der Waals surface area contributed by atoms with Gasteiger partial charge in [-0.25, -0.2) is 19.4 Å². The minimum atomic E-state index is -0.174. The van der Waals surface area contributed by atoms with Gasteiger partial charge in [0, 0.05) is 17.1 Å². The summed E-state index contributed by atoms with van der Waals surface area (Å²) < 4.78 is 6.16. The van der Waals surface area contributed by atoms with Crippen LogP contribution in [0, 0.1) is 18.8 Å². The zero-order valence-electron chi connectivity index (χ0n) is 14.1. The summed E-state index contributed by atoms with van der Waals surface area (Å²) in [6, 6.07) is -0.174. The smallest absolute Gasteiger partial charge is 0.321 e. The fourth-order valence-electron chi connectivity index (χ4n) is 5.80. The molecule has 2 aromatic rings. The van der Waals surface area contributed by atoms with E-state index in [4.69, 9.17) is 0 Å². The summed E-state index contributed by atoms with van der Waals surface area (Å²) in [7, 11) is 0. The lowest BCUT2D eigenvalue weighted by molar-refractivity contribution is -0.0728. The molecule has 25 heavy (non-hydrogen) atoms. The molecule has 8 nitrogen and oxygen atoms in total. The first kappa shape index (κ1) is 15.2. The van der Waals surface area contributed by atoms with Gasteiger partial charge < -0.3 is 5.32 Å². The van der Waals surface area contributed by atoms with Crippen LogP contribution in [-0.4, -0.2) is 35.7 Å². The monoisotopic (exact) mass is 359 g/mol. The van der Waals surface area contributed by atoms with Crippen LogP contribution in [0.2, 0.25) is 0 Å². The van der Waals surface area contributed by atoms with E-state index in [1.165, 1.54) is 18.0 Å². The molecule has 0 spiro atoms. The molecule has 0 unspecified atom stereocenters. The molecule has 2 N–H and O–H groups in total. The van der Waals surface area contributed by atoms with Gasteiger partial charge in [0.2, 0.25) is 5.13 Å². The van der Waals surface area contributed by atoms with Crippen LogP contribution in [0.3, 0.4) is 0 Å². The summed E-state index contributed by atoms with van der Waals surface area (Å²) in [4.78, 5) is 21.0. The second kappa shape index (κ2) is 5.23. The number of carbonyl (C=O) groups is 1. The van der Waals surface area contributed by atoms with E-state index < -0.39 is 0 Å². The highest BCUT2D eigenvalue weighted by molar-refractivity contribution is 7.09. The Kier molecular flexibility index (Phi) is 3.19. The molecule has 4 aliphatic rings. The molecule has 0 saturated heterocycles. The molecule has 4 saturated carbocycles. The summed E-state index contributed by atoms with van der Waals surface area (Å²) >= 11 is 1.21. The predicted octanol–water partition coefficient (Wildman–Crippen LogP) is 2.31. The third-order valence-corrected chi connectivity index (χ3v) is 6.78. The number of aryl methyl sites for hydroxylation is 1. The average Bonchev–Trinajstić information content (AvgIpc) is 3.17. The lowest BCUT2D eigenvalue weighted by Gasteiger charge is -2.61. The van der Waals surface area contributed by atoms with Gasteiger partial charge in [-0.05, 0) is 57.3 Å². The maximum atomic E-state index is 12.6. The Bertz CT molecular complexity index is 787. The van der Waals surface area contributed by atoms with E-state index in [0.29, 0.717) is 22.8 Å². The molecule has 4 fully saturated rings. The highest BCUT2D eigenvalue weighted by Crippen LogP contribution is 2.60. The van der Waals surface area contributed by atoms with Crippen LogP contribution in [0.15, 0.2) is 12.7 Å². The minimum Gasteiger partial charge on any atom is -0.332 e. The van der Waals surface area contributed by atoms with E-state index in [1.807, 2.05) is 17.9 Å². The van der Waals surface area contributed by atoms with Crippen molar-refractivity contribution in [3.05, 3.63) is 18.5 Å². The molecular formula is C16H21N7OS. The van der Waals surface area contributed by atoms with Gasteiger partial charge in [-0.3, -0.25) is 5.32 Å². The normalized spacial score (nSPS) is 35.7. The molecule has 9 heteroatoms. The molecule has 2 amide bonds. The van der Waals surface area contributed by atoms with E-state index >= 15 is 0 Å². The molecule has 2 heterocycles. The molecule has 2 aromatic heterocycles. The number of aromatic nitrogens is 5. The number of carbonyl (C=O) groups excluding carboxylic acids is 1. The van der Waals surface area contributed by atoms with Crippen molar-refractivity contribution in [2.24, 2.45) is 11.8 Å². The fourth-order valence-corrected chi connectivity index (χ4v) is 6.37. The topological polar surface area (TPSA) is 97.6 Å². The van der Waals surface area contributed by atoms with Crippen molar-refractivity contribution in [3.63, 3.8) is 0 Å². The molecule has 0 aliphatic heterocycles. The Balaban J connectivity index is 1.38. The minimum absolute atomic E-state index is 0.00713. The molecule has 132 valence electrons. The molecule has 2 atom stereocenters. The molecule has 0 aromatic carbocycles. The third-order valence-electron chi connectivity index (χ3n) is 6.06. The molecule has 6 rings (SSSR count). The molecule has 4 aliphatic carbocycles. The van der Waals surface area contributed by atoms with Crippen LogP contribution in [0.5, 0.6) is 0 Å². The summed E-state index contributed by atoms with van der Waals surface area (Å²) in [5.74, 6) is 1.98. The van der Waals surface area contributed by atoms with Crippen LogP contribution >= 0.6 is 11.5 Å². The van der Waals surface area contributed by atoms with Gasteiger partial charge in [0.15, 0.2) is 0 Å². The first-order valence-corrected chi connectivity index (χ1v) is 9.56. The quantitative estimate of drug-likeness (QED) is 0.876. The zero-order chi connectivity index (χ0) is 17.1. The lowest BCUT2D eigenvalue weighted by Crippen LogP contribution is -2.66. The van der Waals surface area contributed by atoms with Crippen LogP contribution < -0.4 is 10.6 Å². The summed E-state index contributed by atoms with van der Waals surface area (Å²) in [5, 5.41) is 11.1.